The average Bonchev–Trinajstić information content (AvgIpc) is 2.52. The van der Waals surface area contributed by atoms with Gasteiger partial charge in [-0.1, -0.05) is 31.2 Å². The molecular weight excluding hydrogens is 271 g/mol. The van der Waals surface area contributed by atoms with Crippen LogP contribution in [0.4, 0.5) is 4.39 Å². The van der Waals surface area contributed by atoms with Crippen molar-refractivity contribution in [3.8, 4) is 11.5 Å². The van der Waals surface area contributed by atoms with Crippen molar-refractivity contribution in [3.05, 3.63) is 59.4 Å². The van der Waals surface area contributed by atoms with Gasteiger partial charge >= 0.3 is 0 Å². The molecule has 0 aliphatic carbocycles. The third kappa shape index (κ3) is 3.73. The van der Waals surface area contributed by atoms with Gasteiger partial charge < -0.3 is 14.6 Å². The van der Waals surface area contributed by atoms with Crippen LogP contribution < -0.4 is 9.47 Å². The predicted octanol–water partition coefficient (Wildman–Crippen LogP) is 3.86. The van der Waals surface area contributed by atoms with E-state index in [9.17, 15) is 9.50 Å². The zero-order chi connectivity index (χ0) is 15.2. The van der Waals surface area contributed by atoms with Crippen molar-refractivity contribution in [2.75, 3.05) is 7.11 Å². The number of benzene rings is 2. The Morgan fingerprint density at radius 3 is 2.57 bits per heavy atom. The van der Waals surface area contributed by atoms with Crippen molar-refractivity contribution in [2.24, 2.45) is 0 Å². The number of rotatable bonds is 6. The molecule has 0 heterocycles. The van der Waals surface area contributed by atoms with Gasteiger partial charge in [-0.3, -0.25) is 0 Å². The second kappa shape index (κ2) is 7.09. The van der Waals surface area contributed by atoms with E-state index in [1.807, 2.05) is 25.1 Å². The Hall–Kier alpha value is -2.07. The number of aliphatic hydroxyl groups is 1. The summed E-state index contributed by atoms with van der Waals surface area (Å²) in [5, 5.41) is 9.96. The smallest absolute Gasteiger partial charge is 0.165 e. The fourth-order valence-electron chi connectivity index (χ4n) is 2.07. The van der Waals surface area contributed by atoms with Crippen LogP contribution in [-0.4, -0.2) is 12.2 Å². The summed E-state index contributed by atoms with van der Waals surface area (Å²) in [5.74, 6) is 0.407. The molecule has 2 rings (SSSR count). The topological polar surface area (TPSA) is 38.7 Å². The molecule has 0 spiro atoms. The molecular formula is C17H19FO3. The summed E-state index contributed by atoms with van der Waals surface area (Å²) in [5.41, 5.74) is 1.45. The van der Waals surface area contributed by atoms with E-state index in [1.165, 1.54) is 13.2 Å². The van der Waals surface area contributed by atoms with E-state index in [0.29, 0.717) is 17.7 Å². The quantitative estimate of drug-likeness (QED) is 0.878. The first-order valence-corrected chi connectivity index (χ1v) is 6.88. The standard InChI is InChI=1S/C17H19FO3/c1-3-15(19)13-6-4-5-7-16(13)21-11-12-8-9-17(20-2)14(18)10-12/h4-10,15,19H,3,11H2,1-2H3. The highest BCUT2D eigenvalue weighted by Gasteiger charge is 2.11. The van der Waals surface area contributed by atoms with Crippen LogP contribution >= 0.6 is 0 Å². The Kier molecular flexibility index (Phi) is 5.17. The summed E-state index contributed by atoms with van der Waals surface area (Å²) in [4.78, 5) is 0. The van der Waals surface area contributed by atoms with Gasteiger partial charge in [0, 0.05) is 5.56 Å². The maximum Gasteiger partial charge on any atom is 0.165 e. The van der Waals surface area contributed by atoms with Crippen LogP contribution in [0, 0.1) is 5.82 Å². The summed E-state index contributed by atoms with van der Waals surface area (Å²) in [6.45, 7) is 2.13. The Labute approximate surface area is 124 Å². The van der Waals surface area contributed by atoms with Crippen LogP contribution in [0.2, 0.25) is 0 Å². The maximum absolute atomic E-state index is 13.6. The largest absolute Gasteiger partial charge is 0.494 e. The van der Waals surface area contributed by atoms with Gasteiger partial charge in [0.15, 0.2) is 11.6 Å². The third-order valence-electron chi connectivity index (χ3n) is 3.28. The Morgan fingerprint density at radius 1 is 1.14 bits per heavy atom. The first kappa shape index (κ1) is 15.3. The second-order valence-corrected chi connectivity index (χ2v) is 4.72. The normalized spacial score (nSPS) is 12.0. The molecule has 1 unspecified atom stereocenters. The van der Waals surface area contributed by atoms with Gasteiger partial charge in [-0.25, -0.2) is 4.39 Å². The van der Waals surface area contributed by atoms with Crippen LogP contribution in [0.15, 0.2) is 42.5 Å². The van der Waals surface area contributed by atoms with E-state index < -0.39 is 11.9 Å². The van der Waals surface area contributed by atoms with Crippen LogP contribution in [0.1, 0.15) is 30.6 Å². The molecule has 0 saturated carbocycles. The van der Waals surface area contributed by atoms with Crippen LogP contribution in [-0.2, 0) is 6.61 Å². The number of hydrogen-bond donors (Lipinski definition) is 1. The Bertz CT molecular complexity index is 598. The van der Waals surface area contributed by atoms with Crippen molar-refractivity contribution in [2.45, 2.75) is 26.1 Å². The monoisotopic (exact) mass is 290 g/mol. The lowest BCUT2D eigenvalue weighted by atomic mass is 10.1. The molecule has 0 bridgehead atoms. The molecule has 0 radical (unpaired) electrons. The lowest BCUT2D eigenvalue weighted by Crippen LogP contribution is -2.02. The minimum atomic E-state index is -0.561. The van der Waals surface area contributed by atoms with Crippen molar-refractivity contribution in [1.82, 2.24) is 0 Å². The lowest BCUT2D eigenvalue weighted by Gasteiger charge is -2.15. The zero-order valence-corrected chi connectivity index (χ0v) is 12.2. The van der Waals surface area contributed by atoms with Crippen LogP contribution in [0.3, 0.4) is 0 Å². The van der Waals surface area contributed by atoms with Gasteiger partial charge in [0.1, 0.15) is 12.4 Å². The number of aliphatic hydroxyl groups excluding tert-OH is 1. The van der Waals surface area contributed by atoms with Crippen molar-refractivity contribution in [3.63, 3.8) is 0 Å². The molecule has 112 valence electrons. The predicted molar refractivity (Wildman–Crippen MR) is 79.0 cm³/mol. The molecule has 4 heteroatoms. The molecule has 21 heavy (non-hydrogen) atoms. The summed E-state index contributed by atoms with van der Waals surface area (Å²) < 4.78 is 24.2. The van der Waals surface area contributed by atoms with Crippen LogP contribution in [0.25, 0.3) is 0 Å². The summed E-state index contributed by atoms with van der Waals surface area (Å²) in [7, 11) is 1.43. The van der Waals surface area contributed by atoms with E-state index in [0.717, 1.165) is 5.56 Å². The van der Waals surface area contributed by atoms with Gasteiger partial charge in [-0.2, -0.15) is 0 Å². The van der Waals surface area contributed by atoms with Crippen molar-refractivity contribution >= 4 is 0 Å². The molecule has 0 aliphatic heterocycles. The number of para-hydroxylation sites is 1. The molecule has 0 fully saturated rings. The highest BCUT2D eigenvalue weighted by molar-refractivity contribution is 5.35. The molecule has 3 nitrogen and oxygen atoms in total. The molecule has 0 amide bonds. The fraction of sp³-hybridized carbons (Fsp3) is 0.294. The van der Waals surface area contributed by atoms with E-state index in [1.54, 1.807) is 18.2 Å². The van der Waals surface area contributed by atoms with Gasteiger partial charge in [-0.15, -0.1) is 0 Å². The molecule has 2 aromatic rings. The Morgan fingerprint density at radius 2 is 1.90 bits per heavy atom. The zero-order valence-electron chi connectivity index (χ0n) is 12.2. The molecule has 1 N–H and O–H groups in total. The highest BCUT2D eigenvalue weighted by Crippen LogP contribution is 2.28. The average molecular weight is 290 g/mol. The van der Waals surface area contributed by atoms with E-state index >= 15 is 0 Å². The second-order valence-electron chi connectivity index (χ2n) is 4.72. The molecule has 1 atom stereocenters. The third-order valence-corrected chi connectivity index (χ3v) is 3.28. The first-order chi connectivity index (χ1) is 10.2. The minimum absolute atomic E-state index is 0.209. The summed E-state index contributed by atoms with van der Waals surface area (Å²) in [6, 6.07) is 12.0. The van der Waals surface area contributed by atoms with Gasteiger partial charge in [-0.05, 0) is 30.2 Å². The van der Waals surface area contributed by atoms with Crippen molar-refractivity contribution < 1.29 is 19.0 Å². The molecule has 0 aliphatic rings. The van der Waals surface area contributed by atoms with Gasteiger partial charge in [0.2, 0.25) is 0 Å². The molecule has 2 aromatic carbocycles. The van der Waals surface area contributed by atoms with Gasteiger partial charge in [0.25, 0.3) is 0 Å². The number of methoxy groups -OCH3 is 1. The Balaban J connectivity index is 2.11. The lowest BCUT2D eigenvalue weighted by molar-refractivity contribution is 0.166. The van der Waals surface area contributed by atoms with E-state index in [-0.39, 0.29) is 12.4 Å². The van der Waals surface area contributed by atoms with Crippen LogP contribution in [0.5, 0.6) is 11.5 Å². The number of halogens is 1. The number of ether oxygens (including phenoxy) is 2. The van der Waals surface area contributed by atoms with E-state index in [4.69, 9.17) is 9.47 Å². The summed E-state index contributed by atoms with van der Waals surface area (Å²) in [6.07, 6.45) is 0.0474. The SMILES string of the molecule is CCC(O)c1ccccc1OCc1ccc(OC)c(F)c1. The molecule has 0 saturated heterocycles. The maximum atomic E-state index is 13.6. The minimum Gasteiger partial charge on any atom is -0.494 e. The highest BCUT2D eigenvalue weighted by atomic mass is 19.1. The first-order valence-electron chi connectivity index (χ1n) is 6.88. The van der Waals surface area contributed by atoms with E-state index in [2.05, 4.69) is 0 Å². The molecule has 0 aromatic heterocycles. The fourth-order valence-corrected chi connectivity index (χ4v) is 2.07. The van der Waals surface area contributed by atoms with Crippen molar-refractivity contribution in [1.29, 1.82) is 0 Å². The number of hydrogen-bond acceptors (Lipinski definition) is 3. The summed E-state index contributed by atoms with van der Waals surface area (Å²) >= 11 is 0. The van der Waals surface area contributed by atoms with Gasteiger partial charge in [0.05, 0.1) is 13.2 Å².